The number of phenols is 1. The summed E-state index contributed by atoms with van der Waals surface area (Å²) in [4.78, 5) is 11.9. The summed E-state index contributed by atoms with van der Waals surface area (Å²) in [6.45, 7) is 5.07. The predicted octanol–water partition coefficient (Wildman–Crippen LogP) is 2.09. The maximum absolute atomic E-state index is 11.9. The lowest BCUT2D eigenvalue weighted by Crippen LogP contribution is -2.12. The monoisotopic (exact) mass is 254 g/mol. The molecule has 0 spiro atoms. The Balaban J connectivity index is 3.35. The highest BCUT2D eigenvalue weighted by atomic mass is 16.7. The first-order valence-corrected chi connectivity index (χ1v) is 5.48. The van der Waals surface area contributed by atoms with Gasteiger partial charge in [-0.3, -0.25) is 0 Å². The molecule has 0 aliphatic heterocycles. The quantitative estimate of drug-likeness (QED) is 0.658. The van der Waals surface area contributed by atoms with E-state index in [1.165, 1.54) is 14.2 Å². The zero-order valence-corrected chi connectivity index (χ0v) is 11.3. The molecule has 5 heteroatoms. The Morgan fingerprint density at radius 3 is 2.22 bits per heavy atom. The Bertz CT molecular complexity index is 465. The molecule has 0 aromatic heterocycles. The lowest BCUT2D eigenvalue weighted by atomic mass is 9.96. The summed E-state index contributed by atoms with van der Waals surface area (Å²) in [6.07, 6.45) is 0. The van der Waals surface area contributed by atoms with Gasteiger partial charge in [0.25, 0.3) is 0 Å². The highest BCUT2D eigenvalue weighted by Crippen LogP contribution is 2.38. The maximum Gasteiger partial charge on any atom is 0.340 e. The fourth-order valence-electron chi connectivity index (χ4n) is 1.85. The molecule has 5 nitrogen and oxygen atoms in total. The molecular weight excluding hydrogens is 236 g/mol. The Morgan fingerprint density at radius 1 is 1.11 bits per heavy atom. The second kappa shape index (κ2) is 5.73. The molecule has 100 valence electrons. The van der Waals surface area contributed by atoms with E-state index in [2.05, 4.69) is 0 Å². The molecule has 0 aliphatic rings. The third-order valence-electron chi connectivity index (χ3n) is 2.94. The van der Waals surface area contributed by atoms with Gasteiger partial charge in [0.15, 0.2) is 18.3 Å². The van der Waals surface area contributed by atoms with E-state index in [1.807, 2.05) is 0 Å². The molecule has 1 aromatic rings. The van der Waals surface area contributed by atoms with Crippen LogP contribution in [0.4, 0.5) is 0 Å². The second-order valence-electron chi connectivity index (χ2n) is 3.97. The smallest absolute Gasteiger partial charge is 0.340 e. The van der Waals surface area contributed by atoms with Gasteiger partial charge >= 0.3 is 5.97 Å². The topological polar surface area (TPSA) is 65.0 Å². The van der Waals surface area contributed by atoms with Gasteiger partial charge in [0.1, 0.15) is 0 Å². The van der Waals surface area contributed by atoms with E-state index in [9.17, 15) is 9.90 Å². The van der Waals surface area contributed by atoms with Gasteiger partial charge in [0.05, 0.1) is 12.7 Å². The average molecular weight is 254 g/mol. The molecule has 18 heavy (non-hydrogen) atoms. The molecule has 0 amide bonds. The molecule has 0 saturated heterocycles. The summed E-state index contributed by atoms with van der Waals surface area (Å²) in [5.41, 5.74) is 2.23. The number of carbonyl (C=O) groups is 1. The van der Waals surface area contributed by atoms with E-state index < -0.39 is 5.97 Å². The minimum atomic E-state index is -0.492. The van der Waals surface area contributed by atoms with Crippen LogP contribution in [0.2, 0.25) is 0 Å². The third-order valence-corrected chi connectivity index (χ3v) is 2.94. The summed E-state index contributed by atoms with van der Waals surface area (Å²) >= 11 is 0. The number of benzene rings is 1. The SMILES string of the molecule is COCOC(=O)c1c(C)c(C)c(O)c(OC)c1C. The average Bonchev–Trinajstić information content (AvgIpc) is 2.34. The van der Waals surface area contributed by atoms with Crippen LogP contribution in [0, 0.1) is 20.8 Å². The molecule has 0 fully saturated rings. The van der Waals surface area contributed by atoms with Crippen molar-refractivity contribution in [3.05, 3.63) is 22.3 Å². The Morgan fingerprint density at radius 2 is 1.72 bits per heavy atom. The molecule has 1 N–H and O–H groups in total. The lowest BCUT2D eigenvalue weighted by Gasteiger charge is -2.17. The molecule has 0 heterocycles. The number of hydrogen-bond acceptors (Lipinski definition) is 5. The highest BCUT2D eigenvalue weighted by Gasteiger charge is 2.22. The number of hydrogen-bond donors (Lipinski definition) is 1. The van der Waals surface area contributed by atoms with Gasteiger partial charge in [-0.05, 0) is 31.9 Å². The van der Waals surface area contributed by atoms with Crippen LogP contribution in [0.3, 0.4) is 0 Å². The number of esters is 1. The minimum absolute atomic E-state index is 0.0517. The normalized spacial score (nSPS) is 10.3. The maximum atomic E-state index is 11.9. The van der Waals surface area contributed by atoms with Crippen molar-refractivity contribution in [2.24, 2.45) is 0 Å². The minimum Gasteiger partial charge on any atom is -0.504 e. The predicted molar refractivity (Wildman–Crippen MR) is 66.2 cm³/mol. The second-order valence-corrected chi connectivity index (χ2v) is 3.97. The highest BCUT2D eigenvalue weighted by molar-refractivity contribution is 5.94. The van der Waals surface area contributed by atoms with E-state index in [4.69, 9.17) is 14.2 Å². The van der Waals surface area contributed by atoms with E-state index in [1.54, 1.807) is 20.8 Å². The summed E-state index contributed by atoms with van der Waals surface area (Å²) in [7, 11) is 2.89. The zero-order chi connectivity index (χ0) is 13.9. The third kappa shape index (κ3) is 2.41. The van der Waals surface area contributed by atoms with Gasteiger partial charge in [0.2, 0.25) is 0 Å². The molecule has 0 radical (unpaired) electrons. The van der Waals surface area contributed by atoms with Gasteiger partial charge in [-0.25, -0.2) is 4.79 Å². The van der Waals surface area contributed by atoms with E-state index in [0.29, 0.717) is 28.0 Å². The van der Waals surface area contributed by atoms with Gasteiger partial charge in [-0.2, -0.15) is 0 Å². The van der Waals surface area contributed by atoms with Gasteiger partial charge in [-0.15, -0.1) is 0 Å². The molecule has 0 saturated carbocycles. The molecule has 0 atom stereocenters. The Labute approximate surface area is 106 Å². The van der Waals surface area contributed by atoms with Crippen molar-refractivity contribution in [2.45, 2.75) is 20.8 Å². The number of aromatic hydroxyl groups is 1. The van der Waals surface area contributed by atoms with Crippen molar-refractivity contribution < 1.29 is 24.1 Å². The van der Waals surface area contributed by atoms with Gasteiger partial charge in [0, 0.05) is 12.7 Å². The van der Waals surface area contributed by atoms with Gasteiger partial charge in [-0.1, -0.05) is 0 Å². The number of methoxy groups -OCH3 is 2. The van der Waals surface area contributed by atoms with Crippen molar-refractivity contribution in [1.29, 1.82) is 0 Å². The Kier molecular flexibility index (Phi) is 4.55. The first kappa shape index (κ1) is 14.3. The van der Waals surface area contributed by atoms with Crippen molar-refractivity contribution in [3.63, 3.8) is 0 Å². The van der Waals surface area contributed by atoms with Crippen molar-refractivity contribution in [3.8, 4) is 11.5 Å². The number of rotatable bonds is 4. The summed E-state index contributed by atoms with van der Waals surface area (Å²) in [5.74, 6) is -0.147. The number of phenolic OH excluding ortho intramolecular Hbond substituents is 1. The summed E-state index contributed by atoms with van der Waals surface area (Å²) in [6, 6.07) is 0. The first-order valence-electron chi connectivity index (χ1n) is 5.48. The van der Waals surface area contributed by atoms with E-state index in [-0.39, 0.29) is 12.5 Å². The molecule has 0 bridgehead atoms. The Hall–Kier alpha value is -1.75. The summed E-state index contributed by atoms with van der Waals surface area (Å²) < 4.78 is 14.8. The summed E-state index contributed by atoms with van der Waals surface area (Å²) in [5, 5.41) is 9.94. The van der Waals surface area contributed by atoms with Crippen LogP contribution in [0.5, 0.6) is 11.5 Å². The van der Waals surface area contributed by atoms with Crippen LogP contribution in [0.15, 0.2) is 0 Å². The van der Waals surface area contributed by atoms with Crippen molar-refractivity contribution in [2.75, 3.05) is 21.0 Å². The number of carbonyl (C=O) groups excluding carboxylic acids is 1. The van der Waals surface area contributed by atoms with E-state index >= 15 is 0 Å². The van der Waals surface area contributed by atoms with Gasteiger partial charge < -0.3 is 19.3 Å². The van der Waals surface area contributed by atoms with Crippen molar-refractivity contribution in [1.82, 2.24) is 0 Å². The van der Waals surface area contributed by atoms with Crippen LogP contribution in [-0.4, -0.2) is 32.1 Å². The number of ether oxygens (including phenoxy) is 3. The van der Waals surface area contributed by atoms with Crippen molar-refractivity contribution >= 4 is 5.97 Å². The fourth-order valence-corrected chi connectivity index (χ4v) is 1.85. The molecule has 0 aliphatic carbocycles. The van der Waals surface area contributed by atoms with Crippen LogP contribution in [0.25, 0.3) is 0 Å². The zero-order valence-electron chi connectivity index (χ0n) is 11.3. The van der Waals surface area contributed by atoms with Crippen LogP contribution >= 0.6 is 0 Å². The lowest BCUT2D eigenvalue weighted by molar-refractivity contribution is -0.0126. The first-order chi connectivity index (χ1) is 8.45. The van der Waals surface area contributed by atoms with Crippen LogP contribution in [-0.2, 0) is 9.47 Å². The standard InChI is InChI=1S/C13H18O5/c1-7-8(2)11(14)12(17-5)9(3)10(7)13(15)18-6-16-4/h14H,6H2,1-5H3. The molecule has 0 unspecified atom stereocenters. The fraction of sp³-hybridized carbons (Fsp3) is 0.462. The molecule has 1 aromatic carbocycles. The molecular formula is C13H18O5. The van der Waals surface area contributed by atoms with Crippen LogP contribution in [0.1, 0.15) is 27.0 Å². The van der Waals surface area contributed by atoms with E-state index in [0.717, 1.165) is 0 Å². The van der Waals surface area contributed by atoms with Crippen LogP contribution < -0.4 is 4.74 Å². The largest absolute Gasteiger partial charge is 0.504 e. The molecule has 1 rings (SSSR count).